The zero-order chi connectivity index (χ0) is 13.2. The zero-order valence-electron chi connectivity index (χ0n) is 10.6. The maximum absolute atomic E-state index is 12.9. The van der Waals surface area contributed by atoms with Gasteiger partial charge in [-0.3, -0.25) is 4.99 Å². The summed E-state index contributed by atoms with van der Waals surface area (Å²) < 4.78 is 38.6. The van der Waals surface area contributed by atoms with Crippen molar-refractivity contribution >= 4 is 5.96 Å². The van der Waals surface area contributed by atoms with Crippen molar-refractivity contribution in [2.75, 3.05) is 13.1 Å². The van der Waals surface area contributed by atoms with E-state index in [-0.39, 0.29) is 18.4 Å². The minimum atomic E-state index is -4.06. The van der Waals surface area contributed by atoms with Crippen LogP contribution in [0.3, 0.4) is 0 Å². The molecule has 0 amide bonds. The zero-order valence-corrected chi connectivity index (χ0v) is 10.6. The van der Waals surface area contributed by atoms with Gasteiger partial charge in [-0.15, -0.1) is 0 Å². The molecule has 3 atom stereocenters. The first-order chi connectivity index (χ1) is 8.47. The highest BCUT2D eigenvalue weighted by atomic mass is 19.4. The van der Waals surface area contributed by atoms with Crippen molar-refractivity contribution in [3.05, 3.63) is 0 Å². The van der Waals surface area contributed by atoms with E-state index in [0.717, 1.165) is 6.42 Å². The van der Waals surface area contributed by atoms with Crippen molar-refractivity contribution in [2.24, 2.45) is 16.8 Å². The summed E-state index contributed by atoms with van der Waals surface area (Å²) in [6.07, 6.45) is -1.55. The van der Waals surface area contributed by atoms with E-state index in [1.165, 1.54) is 0 Å². The van der Waals surface area contributed by atoms with Gasteiger partial charge < -0.3 is 10.6 Å². The molecule has 2 rings (SSSR count). The number of halogens is 3. The monoisotopic (exact) mass is 263 g/mol. The molecule has 1 aliphatic carbocycles. The molecule has 1 heterocycles. The third kappa shape index (κ3) is 3.29. The minimum absolute atomic E-state index is 0.270. The summed E-state index contributed by atoms with van der Waals surface area (Å²) in [4.78, 5) is 4.20. The molecule has 1 saturated carbocycles. The molecule has 0 saturated heterocycles. The first kappa shape index (κ1) is 13.5. The van der Waals surface area contributed by atoms with Gasteiger partial charge in [0.15, 0.2) is 5.96 Å². The van der Waals surface area contributed by atoms with Crippen LogP contribution in [0, 0.1) is 11.8 Å². The fraction of sp³-hybridized carbons (Fsp3) is 0.917. The molecule has 2 aliphatic rings. The van der Waals surface area contributed by atoms with Gasteiger partial charge in [0.25, 0.3) is 0 Å². The number of hydrogen-bond donors (Lipinski definition) is 2. The summed E-state index contributed by atoms with van der Waals surface area (Å²) in [5, 5.41) is 6.13. The fourth-order valence-electron chi connectivity index (χ4n) is 2.77. The summed E-state index contributed by atoms with van der Waals surface area (Å²) in [7, 11) is 0. The maximum Gasteiger partial charge on any atom is 0.392 e. The van der Waals surface area contributed by atoms with Crippen LogP contribution in [0.25, 0.3) is 0 Å². The highest BCUT2D eigenvalue weighted by molar-refractivity contribution is 5.81. The number of alkyl halides is 3. The van der Waals surface area contributed by atoms with Gasteiger partial charge in [-0.05, 0) is 25.7 Å². The van der Waals surface area contributed by atoms with Crippen LogP contribution in [0.2, 0.25) is 0 Å². The quantitative estimate of drug-likeness (QED) is 0.802. The van der Waals surface area contributed by atoms with Crippen molar-refractivity contribution in [3.8, 4) is 0 Å². The van der Waals surface area contributed by atoms with Crippen molar-refractivity contribution in [2.45, 2.75) is 44.8 Å². The first-order valence-electron chi connectivity index (χ1n) is 6.58. The molecule has 1 aliphatic heterocycles. The third-order valence-electron chi connectivity index (χ3n) is 3.77. The lowest BCUT2D eigenvalue weighted by Crippen LogP contribution is -2.44. The lowest BCUT2D eigenvalue weighted by atomic mass is 9.79. The van der Waals surface area contributed by atoms with Crippen LogP contribution in [-0.4, -0.2) is 31.3 Å². The Morgan fingerprint density at radius 1 is 1.33 bits per heavy atom. The number of guanidine groups is 1. The molecule has 0 aromatic rings. The second-order valence-electron chi connectivity index (χ2n) is 5.31. The highest BCUT2D eigenvalue weighted by Crippen LogP contribution is 2.41. The molecule has 18 heavy (non-hydrogen) atoms. The van der Waals surface area contributed by atoms with Crippen LogP contribution in [0.4, 0.5) is 13.2 Å². The van der Waals surface area contributed by atoms with E-state index < -0.39 is 12.1 Å². The molecule has 104 valence electrons. The molecule has 0 spiro atoms. The summed E-state index contributed by atoms with van der Waals surface area (Å²) in [6, 6.07) is 0.275. The standard InChI is InChI=1S/C12H20F3N3/c1-8-6-16-11(18-8)17-7-9-4-2-3-5-10(9)12(13,14)15/h8-10H,2-7H2,1H3,(H2,16,17,18). The Kier molecular flexibility index (Phi) is 4.02. The van der Waals surface area contributed by atoms with Crippen LogP contribution < -0.4 is 10.6 Å². The second-order valence-corrected chi connectivity index (χ2v) is 5.31. The Hall–Kier alpha value is -0.940. The van der Waals surface area contributed by atoms with Crippen molar-refractivity contribution in [1.82, 2.24) is 10.6 Å². The summed E-state index contributed by atoms with van der Waals surface area (Å²) in [6.45, 7) is 3.05. The molecule has 0 aromatic carbocycles. The smallest absolute Gasteiger partial charge is 0.356 e. The van der Waals surface area contributed by atoms with Crippen molar-refractivity contribution < 1.29 is 13.2 Å². The van der Waals surface area contributed by atoms with Gasteiger partial charge >= 0.3 is 6.18 Å². The molecule has 0 radical (unpaired) electrons. The average Bonchev–Trinajstić information content (AvgIpc) is 2.72. The van der Waals surface area contributed by atoms with Crippen LogP contribution in [0.5, 0.6) is 0 Å². The summed E-state index contributed by atoms with van der Waals surface area (Å²) >= 11 is 0. The van der Waals surface area contributed by atoms with E-state index in [0.29, 0.717) is 31.9 Å². The van der Waals surface area contributed by atoms with E-state index in [1.54, 1.807) is 0 Å². The lowest BCUT2D eigenvalue weighted by molar-refractivity contribution is -0.195. The fourth-order valence-corrected chi connectivity index (χ4v) is 2.77. The number of nitrogens with zero attached hydrogens (tertiary/aromatic N) is 1. The molecule has 3 nitrogen and oxygen atoms in total. The van der Waals surface area contributed by atoms with Crippen LogP contribution >= 0.6 is 0 Å². The second kappa shape index (κ2) is 5.36. The molecule has 2 N–H and O–H groups in total. The van der Waals surface area contributed by atoms with Crippen molar-refractivity contribution in [1.29, 1.82) is 0 Å². The Bertz CT molecular complexity index is 314. The number of aliphatic imine (C=N–C) groups is 1. The molecule has 0 aromatic heterocycles. The highest BCUT2D eigenvalue weighted by Gasteiger charge is 2.45. The Labute approximate surface area is 105 Å². The topological polar surface area (TPSA) is 36.4 Å². The average molecular weight is 263 g/mol. The third-order valence-corrected chi connectivity index (χ3v) is 3.77. The number of rotatable bonds is 2. The predicted octanol–water partition coefficient (Wildman–Crippen LogP) is 2.29. The van der Waals surface area contributed by atoms with Crippen molar-refractivity contribution in [3.63, 3.8) is 0 Å². The molecule has 3 unspecified atom stereocenters. The lowest BCUT2D eigenvalue weighted by Gasteiger charge is -2.33. The van der Waals surface area contributed by atoms with E-state index in [4.69, 9.17) is 0 Å². The van der Waals surface area contributed by atoms with E-state index in [2.05, 4.69) is 15.6 Å². The van der Waals surface area contributed by atoms with Crippen LogP contribution in [0.15, 0.2) is 4.99 Å². The maximum atomic E-state index is 12.9. The number of nitrogens with one attached hydrogen (secondary N) is 2. The molecule has 6 heteroatoms. The molecule has 0 bridgehead atoms. The Morgan fingerprint density at radius 2 is 2.06 bits per heavy atom. The van der Waals surface area contributed by atoms with Gasteiger partial charge in [0.2, 0.25) is 0 Å². The molecule has 1 fully saturated rings. The largest absolute Gasteiger partial charge is 0.392 e. The van der Waals surface area contributed by atoms with E-state index in [1.807, 2.05) is 6.92 Å². The minimum Gasteiger partial charge on any atom is -0.356 e. The molecular weight excluding hydrogens is 243 g/mol. The first-order valence-corrected chi connectivity index (χ1v) is 6.58. The Balaban J connectivity index is 1.86. The molecular formula is C12H20F3N3. The van der Waals surface area contributed by atoms with Gasteiger partial charge in [-0.2, -0.15) is 13.2 Å². The summed E-state index contributed by atoms with van der Waals surface area (Å²) in [5.41, 5.74) is 0. The number of hydrogen-bond acceptors (Lipinski definition) is 3. The van der Waals surface area contributed by atoms with Gasteiger partial charge in [-0.25, -0.2) is 0 Å². The van der Waals surface area contributed by atoms with Gasteiger partial charge in [0, 0.05) is 12.6 Å². The van der Waals surface area contributed by atoms with Crippen LogP contribution in [0.1, 0.15) is 32.6 Å². The SMILES string of the molecule is CC1CN=C(NCC2CCCCC2C(F)(F)F)N1. The normalized spacial score (nSPS) is 32.9. The van der Waals surface area contributed by atoms with Crippen LogP contribution in [-0.2, 0) is 0 Å². The summed E-state index contributed by atoms with van der Waals surface area (Å²) in [5.74, 6) is -0.827. The van der Waals surface area contributed by atoms with Gasteiger partial charge in [0.05, 0.1) is 12.5 Å². The van der Waals surface area contributed by atoms with E-state index >= 15 is 0 Å². The van der Waals surface area contributed by atoms with E-state index in [9.17, 15) is 13.2 Å². The Morgan fingerprint density at radius 3 is 2.67 bits per heavy atom. The predicted molar refractivity (Wildman–Crippen MR) is 64.4 cm³/mol. The van der Waals surface area contributed by atoms with Gasteiger partial charge in [-0.1, -0.05) is 12.8 Å². The van der Waals surface area contributed by atoms with Gasteiger partial charge in [0.1, 0.15) is 0 Å².